The highest BCUT2D eigenvalue weighted by Gasteiger charge is 2.13. The summed E-state index contributed by atoms with van der Waals surface area (Å²) in [4.78, 5) is 0. The topological polar surface area (TPSA) is 40.5 Å². The predicted octanol–water partition coefficient (Wildman–Crippen LogP) is 0.853. The van der Waals surface area contributed by atoms with Gasteiger partial charge in [-0.15, -0.1) is 0 Å². The Morgan fingerprint density at radius 3 is 2.09 bits per heavy atom. The van der Waals surface area contributed by atoms with Crippen molar-refractivity contribution in [2.45, 2.75) is 0 Å². The zero-order valence-electron chi connectivity index (χ0n) is 6.33. The molecule has 58 valence electrons. The first-order valence-electron chi connectivity index (χ1n) is 3.14. The maximum atomic E-state index is 8.68. The van der Waals surface area contributed by atoms with Crippen LogP contribution in [0.3, 0.4) is 0 Å². The van der Waals surface area contributed by atoms with Crippen LogP contribution in [0.25, 0.3) is 0 Å². The smallest absolute Gasteiger partial charge is 0.423 e. The molecule has 0 aromatic carbocycles. The van der Waals surface area contributed by atoms with E-state index in [-0.39, 0.29) is 5.47 Å². The van der Waals surface area contributed by atoms with Crippen molar-refractivity contribution in [3.05, 3.63) is 49.0 Å². The summed E-state index contributed by atoms with van der Waals surface area (Å²) in [6.07, 6.45) is 4.63. The van der Waals surface area contributed by atoms with Gasteiger partial charge >= 0.3 is 7.12 Å². The van der Waals surface area contributed by atoms with Gasteiger partial charge in [0.25, 0.3) is 0 Å². The van der Waals surface area contributed by atoms with Crippen molar-refractivity contribution in [2.24, 2.45) is 0 Å². The van der Waals surface area contributed by atoms with E-state index in [2.05, 4.69) is 19.7 Å². The van der Waals surface area contributed by atoms with Gasteiger partial charge in [-0.25, -0.2) is 0 Å². The minimum atomic E-state index is -1.53. The fraction of sp³-hybridized carbons (Fsp3) is 0. The van der Waals surface area contributed by atoms with Crippen LogP contribution in [0.1, 0.15) is 0 Å². The number of hydrogen-bond acceptors (Lipinski definition) is 2. The summed E-state index contributed by atoms with van der Waals surface area (Å²) < 4.78 is 0. The van der Waals surface area contributed by atoms with Gasteiger partial charge in [-0.05, 0) is 11.0 Å². The standard InChI is InChI=1S/C8H11BO2/c1-4-6-8(5-2)7(3)9(10)11/h4-6,10-11H,1-3H2/b8-6+. The second kappa shape index (κ2) is 4.71. The maximum Gasteiger partial charge on any atom is 0.488 e. The minimum Gasteiger partial charge on any atom is -0.423 e. The van der Waals surface area contributed by atoms with Gasteiger partial charge < -0.3 is 10.0 Å². The van der Waals surface area contributed by atoms with Gasteiger partial charge in [0, 0.05) is 0 Å². The van der Waals surface area contributed by atoms with Gasteiger partial charge in [0.2, 0.25) is 0 Å². The number of allylic oxidation sites excluding steroid dienone is 5. The average Bonchev–Trinajstić information content (AvgIpc) is 1.98. The average molecular weight is 150 g/mol. The molecule has 0 aromatic rings. The molecule has 0 aliphatic rings. The summed E-state index contributed by atoms with van der Waals surface area (Å²) in [7, 11) is -1.53. The van der Waals surface area contributed by atoms with Crippen LogP contribution >= 0.6 is 0 Å². The molecule has 11 heavy (non-hydrogen) atoms. The Morgan fingerprint density at radius 1 is 1.27 bits per heavy atom. The van der Waals surface area contributed by atoms with E-state index in [0.29, 0.717) is 5.57 Å². The molecule has 0 amide bonds. The predicted molar refractivity (Wildman–Crippen MR) is 47.8 cm³/mol. The van der Waals surface area contributed by atoms with Crippen molar-refractivity contribution in [3.8, 4) is 0 Å². The number of hydrogen-bond donors (Lipinski definition) is 2. The Kier molecular flexibility index (Phi) is 4.26. The van der Waals surface area contributed by atoms with Crippen LogP contribution < -0.4 is 0 Å². The third-order valence-corrected chi connectivity index (χ3v) is 1.20. The van der Waals surface area contributed by atoms with E-state index in [9.17, 15) is 0 Å². The molecular formula is C8H11BO2. The largest absolute Gasteiger partial charge is 0.488 e. The van der Waals surface area contributed by atoms with Gasteiger partial charge in [0.15, 0.2) is 0 Å². The fourth-order valence-corrected chi connectivity index (χ4v) is 0.582. The van der Waals surface area contributed by atoms with Gasteiger partial charge in [-0.1, -0.05) is 38.0 Å². The van der Waals surface area contributed by atoms with E-state index in [0.717, 1.165) is 0 Å². The Morgan fingerprint density at radius 2 is 1.82 bits per heavy atom. The molecule has 3 heteroatoms. The van der Waals surface area contributed by atoms with E-state index in [4.69, 9.17) is 10.0 Å². The minimum absolute atomic E-state index is 0.222. The lowest BCUT2D eigenvalue weighted by Crippen LogP contribution is -2.15. The summed E-state index contributed by atoms with van der Waals surface area (Å²) in [6.45, 7) is 10.4. The molecule has 0 saturated heterocycles. The molecule has 0 saturated carbocycles. The molecule has 0 aliphatic heterocycles. The Labute approximate surface area is 67.0 Å². The van der Waals surface area contributed by atoms with Crippen LogP contribution in [0.2, 0.25) is 0 Å². The third kappa shape index (κ3) is 3.02. The molecule has 2 N–H and O–H groups in total. The van der Waals surface area contributed by atoms with E-state index in [1.165, 1.54) is 12.2 Å². The molecule has 0 heterocycles. The highest BCUT2D eigenvalue weighted by Crippen LogP contribution is 2.09. The molecule has 0 aromatic heterocycles. The van der Waals surface area contributed by atoms with Crippen molar-refractivity contribution < 1.29 is 10.0 Å². The molecule has 0 rings (SSSR count). The Bertz CT molecular complexity index is 204. The van der Waals surface area contributed by atoms with E-state index in [1.54, 1.807) is 6.08 Å². The van der Waals surface area contributed by atoms with Crippen molar-refractivity contribution in [1.82, 2.24) is 0 Å². The maximum absolute atomic E-state index is 8.68. The summed E-state index contributed by atoms with van der Waals surface area (Å²) in [5.41, 5.74) is 0.801. The fourth-order valence-electron chi connectivity index (χ4n) is 0.582. The van der Waals surface area contributed by atoms with Gasteiger partial charge in [0.05, 0.1) is 0 Å². The van der Waals surface area contributed by atoms with Crippen LogP contribution in [-0.2, 0) is 0 Å². The van der Waals surface area contributed by atoms with Crippen LogP contribution in [0.15, 0.2) is 49.0 Å². The molecule has 0 atom stereocenters. The lowest BCUT2D eigenvalue weighted by atomic mass is 9.76. The highest BCUT2D eigenvalue weighted by molar-refractivity contribution is 6.52. The first-order valence-corrected chi connectivity index (χ1v) is 3.14. The zero-order valence-corrected chi connectivity index (χ0v) is 6.33. The van der Waals surface area contributed by atoms with Crippen LogP contribution in [0.4, 0.5) is 0 Å². The monoisotopic (exact) mass is 150 g/mol. The van der Waals surface area contributed by atoms with Crippen LogP contribution in [0, 0.1) is 0 Å². The van der Waals surface area contributed by atoms with Crippen molar-refractivity contribution in [1.29, 1.82) is 0 Å². The summed E-state index contributed by atoms with van der Waals surface area (Å²) in [6, 6.07) is 0. The van der Waals surface area contributed by atoms with Crippen LogP contribution in [0.5, 0.6) is 0 Å². The Balaban J connectivity index is 4.51. The molecule has 0 spiro atoms. The van der Waals surface area contributed by atoms with Gasteiger partial charge in [-0.2, -0.15) is 0 Å². The SMILES string of the molecule is C=C/C=C(\C=C)C(=C)B(O)O. The lowest BCUT2D eigenvalue weighted by molar-refractivity contribution is 0.420. The van der Waals surface area contributed by atoms with E-state index < -0.39 is 7.12 Å². The summed E-state index contributed by atoms with van der Waals surface area (Å²) in [5.74, 6) is 0. The number of rotatable bonds is 4. The highest BCUT2D eigenvalue weighted by atomic mass is 16.4. The van der Waals surface area contributed by atoms with Gasteiger partial charge in [0.1, 0.15) is 0 Å². The van der Waals surface area contributed by atoms with Crippen molar-refractivity contribution in [2.75, 3.05) is 0 Å². The summed E-state index contributed by atoms with van der Waals surface area (Å²) in [5, 5.41) is 17.4. The van der Waals surface area contributed by atoms with Crippen molar-refractivity contribution in [3.63, 3.8) is 0 Å². The molecule has 0 bridgehead atoms. The van der Waals surface area contributed by atoms with E-state index >= 15 is 0 Å². The van der Waals surface area contributed by atoms with Gasteiger partial charge in [-0.3, -0.25) is 0 Å². The molecule has 0 aliphatic carbocycles. The molecule has 2 nitrogen and oxygen atoms in total. The second-order valence-corrected chi connectivity index (χ2v) is 1.96. The molecular weight excluding hydrogens is 139 g/mol. The second-order valence-electron chi connectivity index (χ2n) is 1.96. The molecule has 0 fully saturated rings. The third-order valence-electron chi connectivity index (χ3n) is 1.20. The van der Waals surface area contributed by atoms with Crippen LogP contribution in [-0.4, -0.2) is 17.2 Å². The normalized spacial score (nSPS) is 10.5. The Hall–Kier alpha value is -1.06. The van der Waals surface area contributed by atoms with E-state index in [1.807, 2.05) is 0 Å². The quantitative estimate of drug-likeness (QED) is 0.460. The molecule has 0 unspecified atom stereocenters. The first kappa shape index (κ1) is 9.94. The van der Waals surface area contributed by atoms with Crippen molar-refractivity contribution >= 4 is 7.12 Å². The zero-order chi connectivity index (χ0) is 8.85. The first-order chi connectivity index (χ1) is 5.13. The molecule has 0 radical (unpaired) electrons. The summed E-state index contributed by atoms with van der Waals surface area (Å²) >= 11 is 0. The lowest BCUT2D eigenvalue weighted by Gasteiger charge is -2.02.